The standard InChI is InChI=1S/C10H10F3N.ClH/c11-10(12,13)8-3-1-2-7(6-8)9(14)4-5-9;/h1-3,6H,4-5,14H2;1H. The van der Waals surface area contributed by atoms with Crippen LogP contribution in [0, 0.1) is 0 Å². The lowest BCUT2D eigenvalue weighted by Crippen LogP contribution is -2.19. The van der Waals surface area contributed by atoms with E-state index in [1.54, 1.807) is 6.07 Å². The van der Waals surface area contributed by atoms with Gasteiger partial charge in [-0.1, -0.05) is 12.1 Å². The van der Waals surface area contributed by atoms with E-state index in [0.29, 0.717) is 5.56 Å². The summed E-state index contributed by atoms with van der Waals surface area (Å²) in [4.78, 5) is 0. The Balaban J connectivity index is 0.00000112. The fourth-order valence-electron chi connectivity index (χ4n) is 1.43. The van der Waals surface area contributed by atoms with Crippen LogP contribution in [0.5, 0.6) is 0 Å². The van der Waals surface area contributed by atoms with Crippen LogP contribution >= 0.6 is 12.4 Å². The quantitative estimate of drug-likeness (QED) is 0.798. The van der Waals surface area contributed by atoms with E-state index >= 15 is 0 Å². The maximum absolute atomic E-state index is 12.3. The van der Waals surface area contributed by atoms with Crippen LogP contribution in [-0.2, 0) is 11.7 Å². The van der Waals surface area contributed by atoms with E-state index in [1.165, 1.54) is 6.07 Å². The summed E-state index contributed by atoms with van der Waals surface area (Å²) < 4.78 is 37.0. The molecule has 5 heteroatoms. The molecule has 1 nitrogen and oxygen atoms in total. The van der Waals surface area contributed by atoms with Gasteiger partial charge >= 0.3 is 6.18 Å². The van der Waals surface area contributed by atoms with Crippen molar-refractivity contribution in [3.05, 3.63) is 35.4 Å². The summed E-state index contributed by atoms with van der Waals surface area (Å²) in [5.74, 6) is 0. The Bertz CT molecular complexity index is 337. The van der Waals surface area contributed by atoms with Gasteiger partial charge in [-0.15, -0.1) is 12.4 Å². The Morgan fingerprint density at radius 1 is 1.20 bits per heavy atom. The molecule has 0 spiro atoms. The van der Waals surface area contributed by atoms with Crippen molar-refractivity contribution in [1.29, 1.82) is 0 Å². The van der Waals surface area contributed by atoms with Crippen molar-refractivity contribution in [1.82, 2.24) is 0 Å². The van der Waals surface area contributed by atoms with Crippen LogP contribution in [0.3, 0.4) is 0 Å². The van der Waals surface area contributed by atoms with E-state index in [2.05, 4.69) is 0 Å². The number of hydrogen-bond acceptors (Lipinski definition) is 1. The zero-order valence-corrected chi connectivity index (χ0v) is 8.66. The zero-order valence-electron chi connectivity index (χ0n) is 7.84. The number of alkyl halides is 3. The van der Waals surface area contributed by atoms with Gasteiger partial charge in [0.15, 0.2) is 0 Å². The first-order valence-electron chi connectivity index (χ1n) is 4.38. The average Bonchev–Trinajstić information content (AvgIpc) is 2.84. The number of rotatable bonds is 1. The molecule has 0 unspecified atom stereocenters. The average molecular weight is 238 g/mol. The van der Waals surface area contributed by atoms with Gasteiger partial charge in [0.05, 0.1) is 5.56 Å². The molecule has 2 N–H and O–H groups in total. The Hall–Kier alpha value is -0.740. The third-order valence-electron chi connectivity index (χ3n) is 2.55. The van der Waals surface area contributed by atoms with E-state index in [4.69, 9.17) is 5.73 Å². The fourth-order valence-corrected chi connectivity index (χ4v) is 1.43. The van der Waals surface area contributed by atoms with E-state index < -0.39 is 17.3 Å². The molecule has 0 atom stereocenters. The summed E-state index contributed by atoms with van der Waals surface area (Å²) >= 11 is 0. The lowest BCUT2D eigenvalue weighted by atomic mass is 10.0. The van der Waals surface area contributed by atoms with Crippen LogP contribution < -0.4 is 5.73 Å². The lowest BCUT2D eigenvalue weighted by Gasteiger charge is -2.12. The van der Waals surface area contributed by atoms with Crippen LogP contribution in [0.2, 0.25) is 0 Å². The molecule has 0 aromatic heterocycles. The fraction of sp³-hybridized carbons (Fsp3) is 0.400. The maximum atomic E-state index is 12.3. The smallest absolute Gasteiger partial charge is 0.321 e. The van der Waals surface area contributed by atoms with Crippen LogP contribution in [0.4, 0.5) is 13.2 Å². The molecular weight excluding hydrogens is 227 g/mol. The number of benzene rings is 1. The molecule has 1 aliphatic rings. The highest BCUT2D eigenvalue weighted by atomic mass is 35.5. The number of hydrogen-bond donors (Lipinski definition) is 1. The topological polar surface area (TPSA) is 26.0 Å². The number of nitrogens with two attached hydrogens (primary N) is 1. The highest BCUT2D eigenvalue weighted by Crippen LogP contribution is 2.43. The first kappa shape index (κ1) is 12.3. The summed E-state index contributed by atoms with van der Waals surface area (Å²) in [6, 6.07) is 5.27. The van der Waals surface area contributed by atoms with Gasteiger partial charge in [-0.2, -0.15) is 13.2 Å². The third kappa shape index (κ3) is 2.44. The normalized spacial score (nSPS) is 18.1. The predicted molar refractivity (Wildman–Crippen MR) is 53.8 cm³/mol. The van der Waals surface area contributed by atoms with Crippen molar-refractivity contribution in [2.75, 3.05) is 0 Å². The van der Waals surface area contributed by atoms with Crippen molar-refractivity contribution < 1.29 is 13.2 Å². The van der Waals surface area contributed by atoms with Gasteiger partial charge in [-0.3, -0.25) is 0 Å². The first-order chi connectivity index (χ1) is 6.42. The molecule has 1 aromatic rings. The SMILES string of the molecule is Cl.NC1(c2cccc(C(F)(F)F)c2)CC1. The molecule has 2 rings (SSSR count). The minimum absolute atomic E-state index is 0. The molecule has 0 aliphatic heterocycles. The van der Waals surface area contributed by atoms with Crippen molar-refractivity contribution in [3.63, 3.8) is 0 Å². The molecule has 1 fully saturated rings. The molecule has 1 aliphatic carbocycles. The van der Waals surface area contributed by atoms with E-state index in [1.807, 2.05) is 0 Å². The summed E-state index contributed by atoms with van der Waals surface area (Å²) in [6.07, 6.45) is -2.73. The highest BCUT2D eigenvalue weighted by molar-refractivity contribution is 5.85. The molecule has 15 heavy (non-hydrogen) atoms. The molecule has 0 saturated heterocycles. The zero-order chi connectivity index (χ0) is 10.4. The second kappa shape index (κ2) is 3.68. The van der Waals surface area contributed by atoms with Crippen molar-refractivity contribution in [2.24, 2.45) is 5.73 Å². The first-order valence-corrected chi connectivity index (χ1v) is 4.38. The Morgan fingerprint density at radius 3 is 2.27 bits per heavy atom. The monoisotopic (exact) mass is 237 g/mol. The third-order valence-corrected chi connectivity index (χ3v) is 2.55. The lowest BCUT2D eigenvalue weighted by molar-refractivity contribution is -0.137. The van der Waals surface area contributed by atoms with Crippen molar-refractivity contribution in [2.45, 2.75) is 24.6 Å². The molecule has 0 amide bonds. The summed E-state index contributed by atoms with van der Waals surface area (Å²) in [7, 11) is 0. The Labute approximate surface area is 91.9 Å². The van der Waals surface area contributed by atoms with E-state index in [9.17, 15) is 13.2 Å². The van der Waals surface area contributed by atoms with Crippen molar-refractivity contribution >= 4 is 12.4 Å². The molecule has 1 aromatic carbocycles. The molecule has 1 saturated carbocycles. The molecule has 0 bridgehead atoms. The predicted octanol–water partition coefficient (Wildman–Crippen LogP) is 3.08. The summed E-state index contributed by atoms with van der Waals surface area (Å²) in [6.45, 7) is 0. The van der Waals surface area contributed by atoms with Gasteiger partial charge in [0.25, 0.3) is 0 Å². The van der Waals surface area contributed by atoms with Crippen molar-refractivity contribution in [3.8, 4) is 0 Å². The van der Waals surface area contributed by atoms with E-state index in [-0.39, 0.29) is 12.4 Å². The molecule has 84 valence electrons. The van der Waals surface area contributed by atoms with Gasteiger partial charge in [0.1, 0.15) is 0 Å². The largest absolute Gasteiger partial charge is 0.416 e. The summed E-state index contributed by atoms with van der Waals surface area (Å²) in [5.41, 5.74) is 5.29. The Kier molecular flexibility index (Phi) is 3.03. The van der Waals surface area contributed by atoms with Gasteiger partial charge in [-0.05, 0) is 30.5 Å². The van der Waals surface area contributed by atoms with Gasteiger partial charge in [0.2, 0.25) is 0 Å². The van der Waals surface area contributed by atoms with Gasteiger partial charge < -0.3 is 5.73 Å². The second-order valence-corrected chi connectivity index (χ2v) is 3.73. The van der Waals surface area contributed by atoms with Crippen LogP contribution in [0.1, 0.15) is 24.0 Å². The second-order valence-electron chi connectivity index (χ2n) is 3.73. The number of halogens is 4. The highest BCUT2D eigenvalue weighted by Gasteiger charge is 2.41. The van der Waals surface area contributed by atoms with Crippen LogP contribution in [0.25, 0.3) is 0 Å². The minimum Gasteiger partial charge on any atom is -0.321 e. The van der Waals surface area contributed by atoms with E-state index in [0.717, 1.165) is 25.0 Å². The van der Waals surface area contributed by atoms with Crippen LogP contribution in [-0.4, -0.2) is 0 Å². The minimum atomic E-state index is -4.28. The molecule has 0 heterocycles. The molecular formula is C10H11ClF3N. The van der Waals surface area contributed by atoms with Gasteiger partial charge in [-0.25, -0.2) is 0 Å². The van der Waals surface area contributed by atoms with Crippen LogP contribution in [0.15, 0.2) is 24.3 Å². The summed E-state index contributed by atoms with van der Waals surface area (Å²) in [5, 5.41) is 0. The Morgan fingerprint density at radius 2 is 1.80 bits per heavy atom. The molecule has 0 radical (unpaired) electrons. The van der Waals surface area contributed by atoms with Gasteiger partial charge in [0, 0.05) is 5.54 Å². The maximum Gasteiger partial charge on any atom is 0.416 e.